The van der Waals surface area contributed by atoms with E-state index in [9.17, 15) is 4.79 Å². The summed E-state index contributed by atoms with van der Waals surface area (Å²) in [6.07, 6.45) is 0.230. The highest BCUT2D eigenvalue weighted by Gasteiger charge is 2.11. The van der Waals surface area contributed by atoms with Gasteiger partial charge in [0.1, 0.15) is 18.1 Å². The maximum absolute atomic E-state index is 12.0. The highest BCUT2D eigenvalue weighted by Crippen LogP contribution is 2.25. The van der Waals surface area contributed by atoms with Crippen LogP contribution in [0.5, 0.6) is 5.75 Å². The number of carbonyl (C=O) groups excluding carboxylic acids is 1. The molecule has 0 spiro atoms. The van der Waals surface area contributed by atoms with E-state index in [2.05, 4.69) is 10.3 Å². The zero-order valence-electron chi connectivity index (χ0n) is 13.6. The van der Waals surface area contributed by atoms with E-state index in [4.69, 9.17) is 20.8 Å². The van der Waals surface area contributed by atoms with Crippen molar-refractivity contribution in [1.82, 2.24) is 10.3 Å². The lowest BCUT2D eigenvalue weighted by Gasteiger charge is -2.07. The number of aryl methyl sites for hydroxylation is 1. The van der Waals surface area contributed by atoms with Gasteiger partial charge in [0.25, 0.3) is 0 Å². The van der Waals surface area contributed by atoms with Gasteiger partial charge < -0.3 is 14.5 Å². The quantitative estimate of drug-likeness (QED) is 0.630. The Bertz CT molecular complexity index is 859. The van der Waals surface area contributed by atoms with Crippen molar-refractivity contribution in [3.05, 3.63) is 58.3 Å². The Kier molecular flexibility index (Phi) is 5.73. The number of amides is 1. The summed E-state index contributed by atoms with van der Waals surface area (Å²) in [4.78, 5) is 16.4. The van der Waals surface area contributed by atoms with E-state index in [0.717, 1.165) is 22.2 Å². The molecule has 7 heteroatoms. The van der Waals surface area contributed by atoms with Crippen LogP contribution in [0, 0.1) is 6.92 Å². The summed E-state index contributed by atoms with van der Waals surface area (Å²) in [7, 11) is 0. The molecule has 2 heterocycles. The van der Waals surface area contributed by atoms with E-state index in [1.54, 1.807) is 12.1 Å². The van der Waals surface area contributed by atoms with Crippen LogP contribution in [0.25, 0.3) is 10.8 Å². The number of rotatable bonds is 7. The Hall–Kier alpha value is -2.31. The Morgan fingerprint density at radius 3 is 3.00 bits per heavy atom. The van der Waals surface area contributed by atoms with Crippen molar-refractivity contribution in [2.45, 2.75) is 13.3 Å². The number of carbonyl (C=O) groups is 1. The molecule has 3 rings (SSSR count). The average molecular weight is 377 g/mol. The van der Waals surface area contributed by atoms with Crippen LogP contribution in [-0.4, -0.2) is 24.0 Å². The number of benzene rings is 1. The fourth-order valence-corrected chi connectivity index (χ4v) is 3.15. The number of nitrogens with zero attached hydrogens (tertiary/aromatic N) is 1. The zero-order chi connectivity index (χ0) is 17.6. The molecule has 0 aliphatic heterocycles. The van der Waals surface area contributed by atoms with Crippen LogP contribution in [0.2, 0.25) is 5.02 Å². The van der Waals surface area contributed by atoms with Gasteiger partial charge in [-0.05, 0) is 37.3 Å². The predicted octanol–water partition coefficient (Wildman–Crippen LogP) is 4.10. The van der Waals surface area contributed by atoms with Gasteiger partial charge in [0.2, 0.25) is 5.91 Å². The van der Waals surface area contributed by atoms with E-state index in [1.807, 2.05) is 36.6 Å². The molecule has 0 fully saturated rings. The lowest BCUT2D eigenvalue weighted by Crippen LogP contribution is -2.29. The number of thiazole rings is 1. The summed E-state index contributed by atoms with van der Waals surface area (Å²) in [5, 5.41) is 6.08. The number of halogens is 1. The monoisotopic (exact) mass is 376 g/mol. The summed E-state index contributed by atoms with van der Waals surface area (Å²) < 4.78 is 11.1. The zero-order valence-corrected chi connectivity index (χ0v) is 15.2. The normalized spacial score (nSPS) is 10.6. The van der Waals surface area contributed by atoms with Gasteiger partial charge in [0.15, 0.2) is 10.8 Å². The maximum Gasteiger partial charge on any atom is 0.226 e. The lowest BCUT2D eigenvalue weighted by atomic mass is 10.3. The first-order chi connectivity index (χ1) is 12.1. The molecule has 1 N–H and O–H groups in total. The van der Waals surface area contributed by atoms with Crippen molar-refractivity contribution in [2.75, 3.05) is 13.2 Å². The summed E-state index contributed by atoms with van der Waals surface area (Å²) in [5.41, 5.74) is 0.724. The topological polar surface area (TPSA) is 64.4 Å². The molecule has 0 atom stereocenters. The van der Waals surface area contributed by atoms with Gasteiger partial charge in [-0.2, -0.15) is 0 Å². The Balaban J connectivity index is 1.43. The van der Waals surface area contributed by atoms with Gasteiger partial charge in [0.05, 0.1) is 18.7 Å². The van der Waals surface area contributed by atoms with Crippen LogP contribution >= 0.6 is 22.9 Å². The van der Waals surface area contributed by atoms with Crippen LogP contribution in [0.15, 0.2) is 46.2 Å². The number of aromatic nitrogens is 1. The van der Waals surface area contributed by atoms with E-state index < -0.39 is 0 Å². The molecule has 0 aliphatic rings. The molecule has 0 bridgehead atoms. The van der Waals surface area contributed by atoms with Gasteiger partial charge >= 0.3 is 0 Å². The Morgan fingerprint density at radius 2 is 2.24 bits per heavy atom. The molecule has 5 nitrogen and oxygen atoms in total. The molecule has 0 aliphatic carbocycles. The standard InChI is InChI=1S/C18H17ClN2O3S/c1-12-5-6-16(24-12)18-21-14(11-25-18)10-17(22)20-7-8-23-15-4-2-3-13(19)9-15/h2-6,9,11H,7-8,10H2,1H3,(H,20,22). The van der Waals surface area contributed by atoms with Crippen LogP contribution in [0.3, 0.4) is 0 Å². The van der Waals surface area contributed by atoms with Crippen LogP contribution in [0.4, 0.5) is 0 Å². The fourth-order valence-electron chi connectivity index (χ4n) is 2.19. The van der Waals surface area contributed by atoms with Crippen molar-refractivity contribution in [3.63, 3.8) is 0 Å². The number of ether oxygens (including phenoxy) is 1. The first kappa shape index (κ1) is 17.5. The highest BCUT2D eigenvalue weighted by atomic mass is 35.5. The Labute approximate surface area is 154 Å². The second-order valence-electron chi connectivity index (χ2n) is 5.39. The average Bonchev–Trinajstić information content (AvgIpc) is 3.20. The minimum atomic E-state index is -0.0952. The first-order valence-electron chi connectivity index (χ1n) is 7.76. The minimum absolute atomic E-state index is 0.0952. The van der Waals surface area contributed by atoms with Crippen molar-refractivity contribution in [3.8, 4) is 16.5 Å². The van der Waals surface area contributed by atoms with Crippen LogP contribution < -0.4 is 10.1 Å². The van der Waals surface area contributed by atoms with E-state index in [-0.39, 0.29) is 12.3 Å². The second kappa shape index (κ2) is 8.18. The molecule has 2 aromatic heterocycles. The van der Waals surface area contributed by atoms with Gasteiger partial charge in [-0.25, -0.2) is 4.98 Å². The largest absolute Gasteiger partial charge is 0.492 e. The van der Waals surface area contributed by atoms with Gasteiger partial charge in [0, 0.05) is 10.4 Å². The minimum Gasteiger partial charge on any atom is -0.492 e. The van der Waals surface area contributed by atoms with Crippen molar-refractivity contribution < 1.29 is 13.9 Å². The predicted molar refractivity (Wildman–Crippen MR) is 98.2 cm³/mol. The molecule has 25 heavy (non-hydrogen) atoms. The molecular formula is C18H17ClN2O3S. The maximum atomic E-state index is 12.0. The van der Waals surface area contributed by atoms with Crippen LogP contribution in [0.1, 0.15) is 11.5 Å². The SMILES string of the molecule is Cc1ccc(-c2nc(CC(=O)NCCOc3cccc(Cl)c3)cs2)o1. The van der Waals surface area contributed by atoms with E-state index >= 15 is 0 Å². The van der Waals surface area contributed by atoms with Gasteiger partial charge in [-0.15, -0.1) is 11.3 Å². The van der Waals surface area contributed by atoms with Crippen molar-refractivity contribution in [1.29, 1.82) is 0 Å². The molecule has 0 radical (unpaired) electrons. The van der Waals surface area contributed by atoms with Crippen molar-refractivity contribution >= 4 is 28.8 Å². The summed E-state index contributed by atoms with van der Waals surface area (Å²) in [6, 6.07) is 10.9. The third kappa shape index (κ3) is 5.08. The molecule has 0 saturated heterocycles. The van der Waals surface area contributed by atoms with Gasteiger partial charge in [-0.3, -0.25) is 4.79 Å². The number of hydrogen-bond acceptors (Lipinski definition) is 5. The van der Waals surface area contributed by atoms with Crippen LogP contribution in [-0.2, 0) is 11.2 Å². The third-order valence-corrected chi connectivity index (χ3v) is 4.47. The van der Waals surface area contributed by atoms with Crippen molar-refractivity contribution in [2.24, 2.45) is 0 Å². The Morgan fingerprint density at radius 1 is 1.36 bits per heavy atom. The summed E-state index contributed by atoms with van der Waals surface area (Å²) >= 11 is 7.35. The molecular weight excluding hydrogens is 360 g/mol. The number of nitrogens with one attached hydrogen (secondary N) is 1. The molecule has 130 valence electrons. The molecule has 0 saturated carbocycles. The third-order valence-electron chi connectivity index (χ3n) is 3.33. The lowest BCUT2D eigenvalue weighted by molar-refractivity contribution is -0.120. The molecule has 0 unspecified atom stereocenters. The molecule has 3 aromatic rings. The fraction of sp³-hybridized carbons (Fsp3) is 0.222. The smallest absolute Gasteiger partial charge is 0.226 e. The summed E-state index contributed by atoms with van der Waals surface area (Å²) in [5.74, 6) is 2.15. The first-order valence-corrected chi connectivity index (χ1v) is 9.02. The highest BCUT2D eigenvalue weighted by molar-refractivity contribution is 7.13. The summed E-state index contributed by atoms with van der Waals surface area (Å²) in [6.45, 7) is 2.68. The molecule has 1 amide bonds. The van der Waals surface area contributed by atoms with E-state index in [0.29, 0.717) is 23.9 Å². The number of hydrogen-bond donors (Lipinski definition) is 1. The number of furan rings is 1. The second-order valence-corrected chi connectivity index (χ2v) is 6.68. The van der Waals surface area contributed by atoms with Gasteiger partial charge in [-0.1, -0.05) is 17.7 Å². The van der Waals surface area contributed by atoms with E-state index in [1.165, 1.54) is 11.3 Å². The molecule has 1 aromatic carbocycles.